The molecule has 0 aliphatic carbocycles. The third-order valence-electron chi connectivity index (χ3n) is 2.77. The van der Waals surface area contributed by atoms with E-state index in [1.54, 1.807) is 31.2 Å². The Morgan fingerprint density at radius 2 is 2.11 bits per heavy atom. The van der Waals surface area contributed by atoms with Crippen molar-refractivity contribution in [3.05, 3.63) is 35.9 Å². The number of alkyl halides is 1. The summed E-state index contributed by atoms with van der Waals surface area (Å²) in [6.45, 7) is 1.99. The van der Waals surface area contributed by atoms with Crippen LogP contribution in [0.25, 0.3) is 0 Å². The van der Waals surface area contributed by atoms with E-state index in [1.807, 2.05) is 6.07 Å². The number of carbonyl (C=O) groups is 1. The second-order valence-corrected chi connectivity index (χ2v) is 4.27. The van der Waals surface area contributed by atoms with Crippen LogP contribution in [-0.2, 0) is 14.9 Å². The van der Waals surface area contributed by atoms with Crippen molar-refractivity contribution in [2.24, 2.45) is 0 Å². The van der Waals surface area contributed by atoms with Crippen LogP contribution < -0.4 is 0 Å². The van der Waals surface area contributed by atoms with Gasteiger partial charge in [-0.05, 0) is 25.3 Å². The van der Waals surface area contributed by atoms with E-state index < -0.39 is 11.4 Å². The van der Waals surface area contributed by atoms with Crippen LogP contribution in [0.15, 0.2) is 30.3 Å². The van der Waals surface area contributed by atoms with Crippen LogP contribution in [0.4, 0.5) is 0 Å². The van der Waals surface area contributed by atoms with Crippen LogP contribution in [0.1, 0.15) is 25.3 Å². The van der Waals surface area contributed by atoms with Crippen molar-refractivity contribution < 1.29 is 9.53 Å². The molecule has 4 heteroatoms. The standard InChI is InChI=1S/C14H16ClNO2/c1-2-18-13(17)14(11-16,9-6-10-15)12-7-4-3-5-8-12/h3-5,7-8H,2,6,9-10H2,1H3. The van der Waals surface area contributed by atoms with E-state index in [4.69, 9.17) is 16.3 Å². The second kappa shape index (κ2) is 7.03. The Bertz CT molecular complexity index is 427. The lowest BCUT2D eigenvalue weighted by atomic mass is 9.78. The zero-order chi connectivity index (χ0) is 13.4. The fraction of sp³-hybridized carbons (Fsp3) is 0.429. The molecule has 0 amide bonds. The predicted octanol–water partition coefficient (Wildman–Crippen LogP) is 3.03. The summed E-state index contributed by atoms with van der Waals surface area (Å²) in [7, 11) is 0. The molecule has 1 aromatic carbocycles. The first-order chi connectivity index (χ1) is 8.71. The molecule has 1 rings (SSSR count). The van der Waals surface area contributed by atoms with Crippen molar-refractivity contribution >= 4 is 17.6 Å². The Kier molecular flexibility index (Phi) is 5.67. The summed E-state index contributed by atoms with van der Waals surface area (Å²) >= 11 is 5.67. The average molecular weight is 266 g/mol. The Morgan fingerprint density at radius 1 is 1.44 bits per heavy atom. The van der Waals surface area contributed by atoms with Crippen LogP contribution in [0, 0.1) is 11.3 Å². The third-order valence-corrected chi connectivity index (χ3v) is 3.03. The van der Waals surface area contributed by atoms with Crippen molar-refractivity contribution in [3.63, 3.8) is 0 Å². The molecule has 0 aliphatic heterocycles. The SMILES string of the molecule is CCOC(=O)C(C#N)(CCCCl)c1ccccc1. The molecule has 1 unspecified atom stereocenters. The smallest absolute Gasteiger partial charge is 0.331 e. The maximum atomic E-state index is 12.1. The van der Waals surface area contributed by atoms with Gasteiger partial charge in [0.1, 0.15) is 0 Å². The van der Waals surface area contributed by atoms with Gasteiger partial charge < -0.3 is 4.74 Å². The lowest BCUT2D eigenvalue weighted by molar-refractivity contribution is -0.148. The maximum absolute atomic E-state index is 12.1. The quantitative estimate of drug-likeness (QED) is 0.587. The summed E-state index contributed by atoms with van der Waals surface area (Å²) in [5.74, 6) is -0.0841. The first-order valence-corrected chi connectivity index (χ1v) is 6.44. The lowest BCUT2D eigenvalue weighted by Crippen LogP contribution is -2.36. The van der Waals surface area contributed by atoms with E-state index in [9.17, 15) is 10.1 Å². The van der Waals surface area contributed by atoms with Gasteiger partial charge in [-0.25, -0.2) is 4.79 Å². The minimum Gasteiger partial charge on any atom is -0.465 e. The summed E-state index contributed by atoms with van der Waals surface area (Å²) in [6.07, 6.45) is 0.957. The normalized spacial score (nSPS) is 13.4. The van der Waals surface area contributed by atoms with E-state index in [1.165, 1.54) is 0 Å². The van der Waals surface area contributed by atoms with Crippen molar-refractivity contribution in [3.8, 4) is 6.07 Å². The Balaban J connectivity index is 3.15. The number of hydrogen-bond donors (Lipinski definition) is 0. The summed E-state index contributed by atoms with van der Waals surface area (Å²) in [5.41, 5.74) is -0.581. The summed E-state index contributed by atoms with van der Waals surface area (Å²) < 4.78 is 5.05. The minimum atomic E-state index is -1.24. The molecule has 0 aromatic heterocycles. The van der Waals surface area contributed by atoms with Gasteiger partial charge in [0.15, 0.2) is 5.41 Å². The van der Waals surface area contributed by atoms with Crippen LogP contribution in [0.3, 0.4) is 0 Å². The van der Waals surface area contributed by atoms with Gasteiger partial charge in [0.2, 0.25) is 0 Å². The first-order valence-electron chi connectivity index (χ1n) is 5.91. The summed E-state index contributed by atoms with van der Waals surface area (Å²) in [6, 6.07) is 11.1. The van der Waals surface area contributed by atoms with E-state index in [0.29, 0.717) is 24.3 Å². The van der Waals surface area contributed by atoms with Crippen molar-refractivity contribution in [2.45, 2.75) is 25.2 Å². The van der Waals surface area contributed by atoms with Gasteiger partial charge in [-0.2, -0.15) is 5.26 Å². The highest BCUT2D eigenvalue weighted by Gasteiger charge is 2.41. The van der Waals surface area contributed by atoms with Gasteiger partial charge >= 0.3 is 5.97 Å². The van der Waals surface area contributed by atoms with Crippen LogP contribution in [0.5, 0.6) is 0 Å². The summed E-state index contributed by atoms with van der Waals surface area (Å²) in [5, 5.41) is 9.46. The monoisotopic (exact) mass is 265 g/mol. The number of carbonyl (C=O) groups excluding carboxylic acids is 1. The number of nitriles is 1. The fourth-order valence-corrected chi connectivity index (χ4v) is 1.97. The van der Waals surface area contributed by atoms with Gasteiger partial charge in [0.25, 0.3) is 0 Å². The van der Waals surface area contributed by atoms with Crippen LogP contribution in [0.2, 0.25) is 0 Å². The van der Waals surface area contributed by atoms with Crippen LogP contribution in [-0.4, -0.2) is 18.5 Å². The molecule has 1 atom stereocenters. The molecule has 0 heterocycles. The number of nitrogens with zero attached hydrogens (tertiary/aromatic N) is 1. The Labute approximate surface area is 112 Å². The number of halogens is 1. The zero-order valence-corrected chi connectivity index (χ0v) is 11.1. The lowest BCUT2D eigenvalue weighted by Gasteiger charge is -2.24. The fourth-order valence-electron chi connectivity index (χ4n) is 1.84. The van der Waals surface area contributed by atoms with Gasteiger partial charge in [-0.15, -0.1) is 11.6 Å². The van der Waals surface area contributed by atoms with E-state index in [-0.39, 0.29) is 6.61 Å². The van der Waals surface area contributed by atoms with E-state index >= 15 is 0 Å². The maximum Gasteiger partial charge on any atom is 0.331 e. The highest BCUT2D eigenvalue weighted by atomic mass is 35.5. The molecule has 0 saturated heterocycles. The molecule has 0 saturated carbocycles. The number of hydrogen-bond acceptors (Lipinski definition) is 3. The number of esters is 1. The highest BCUT2D eigenvalue weighted by molar-refractivity contribution is 6.17. The number of rotatable bonds is 6. The molecular formula is C14H16ClNO2. The molecule has 18 heavy (non-hydrogen) atoms. The van der Waals surface area contributed by atoms with Gasteiger partial charge in [0, 0.05) is 5.88 Å². The van der Waals surface area contributed by atoms with Crippen molar-refractivity contribution in [2.75, 3.05) is 12.5 Å². The zero-order valence-electron chi connectivity index (χ0n) is 10.4. The molecule has 1 aromatic rings. The molecule has 0 aliphatic rings. The van der Waals surface area contributed by atoms with Gasteiger partial charge in [0.05, 0.1) is 12.7 Å². The van der Waals surface area contributed by atoms with Crippen LogP contribution >= 0.6 is 11.6 Å². The highest BCUT2D eigenvalue weighted by Crippen LogP contribution is 2.30. The average Bonchev–Trinajstić information content (AvgIpc) is 2.42. The molecule has 3 nitrogen and oxygen atoms in total. The summed E-state index contributed by atoms with van der Waals surface area (Å²) in [4.78, 5) is 12.1. The first kappa shape index (κ1) is 14.5. The van der Waals surface area contributed by atoms with E-state index in [2.05, 4.69) is 6.07 Å². The Morgan fingerprint density at radius 3 is 2.61 bits per heavy atom. The second-order valence-electron chi connectivity index (χ2n) is 3.90. The molecule has 0 bridgehead atoms. The van der Waals surface area contributed by atoms with Gasteiger partial charge in [-0.3, -0.25) is 0 Å². The van der Waals surface area contributed by atoms with Crippen molar-refractivity contribution in [1.82, 2.24) is 0 Å². The van der Waals surface area contributed by atoms with E-state index in [0.717, 1.165) is 0 Å². The Hall–Kier alpha value is -1.53. The number of benzene rings is 1. The predicted molar refractivity (Wildman–Crippen MR) is 70.3 cm³/mol. The van der Waals surface area contributed by atoms with Crippen molar-refractivity contribution in [1.29, 1.82) is 5.26 Å². The van der Waals surface area contributed by atoms with Gasteiger partial charge in [-0.1, -0.05) is 30.3 Å². The molecule has 0 N–H and O–H groups in total. The number of ether oxygens (including phenoxy) is 1. The molecule has 0 radical (unpaired) electrons. The minimum absolute atomic E-state index is 0.260. The third kappa shape index (κ3) is 3.02. The largest absolute Gasteiger partial charge is 0.465 e. The topological polar surface area (TPSA) is 50.1 Å². The molecule has 96 valence electrons. The molecule has 0 fully saturated rings. The molecule has 0 spiro atoms. The molecular weight excluding hydrogens is 250 g/mol.